The zero-order valence-electron chi connectivity index (χ0n) is 92.9. The van der Waals surface area contributed by atoms with Crippen LogP contribution in [-0.2, 0) is 61.2 Å². The lowest BCUT2D eigenvalue weighted by atomic mass is 9.56. The molecule has 3 spiro atoms. The average molecular weight is 1960 g/mol. The maximum atomic E-state index is 2.59. The summed E-state index contributed by atoms with van der Waals surface area (Å²) in [4.78, 5) is 0. The zero-order chi connectivity index (χ0) is 102. The maximum absolute atomic E-state index is 2.59. The summed E-state index contributed by atoms with van der Waals surface area (Å²) < 4.78 is 0. The molecule has 1 fully saturated rings. The first-order valence-electron chi connectivity index (χ1n) is 60.1. The number of hydrogen-bond acceptors (Lipinski definition) is 0. The smallest absolute Gasteiger partial charge is 0.0232 e. The molecule has 762 valence electrons. The van der Waals surface area contributed by atoms with Crippen molar-refractivity contribution in [2.45, 2.75) is 387 Å². The van der Waals surface area contributed by atoms with Gasteiger partial charge in [-0.05, 0) is 446 Å². The summed E-state index contributed by atoms with van der Waals surface area (Å²) in [6, 6.07) is 95.6. The van der Waals surface area contributed by atoms with Crippen molar-refractivity contribution < 1.29 is 0 Å². The van der Waals surface area contributed by atoms with Gasteiger partial charge in [0.1, 0.15) is 0 Å². The highest BCUT2D eigenvalue weighted by molar-refractivity contribution is 6.13. The molecule has 7 unspecified atom stereocenters. The van der Waals surface area contributed by atoms with Gasteiger partial charge >= 0.3 is 0 Å². The van der Waals surface area contributed by atoms with Crippen LogP contribution in [0.3, 0.4) is 0 Å². The van der Waals surface area contributed by atoms with E-state index in [0.29, 0.717) is 34.5 Å². The second-order valence-electron chi connectivity index (χ2n) is 50.0. The van der Waals surface area contributed by atoms with Crippen molar-refractivity contribution in [1.82, 2.24) is 0 Å². The first-order valence-corrected chi connectivity index (χ1v) is 60.1. The number of unbranched alkanes of at least 4 members (excludes halogenated alkanes) is 15. The number of hydrogen-bond donors (Lipinski definition) is 0. The van der Waals surface area contributed by atoms with Gasteiger partial charge < -0.3 is 0 Å². The largest absolute Gasteiger partial charge is 0.0654 e. The molecular weight excluding hydrogens is 1790 g/mol. The molecule has 0 heterocycles. The van der Waals surface area contributed by atoms with Gasteiger partial charge in [0, 0.05) is 28.1 Å². The second kappa shape index (κ2) is 41.4. The maximum Gasteiger partial charge on any atom is 0.0232 e. The van der Waals surface area contributed by atoms with E-state index < -0.39 is 0 Å². The average Bonchev–Trinajstić information content (AvgIpc) is 1.53. The Morgan fingerprint density at radius 3 is 1.26 bits per heavy atom. The van der Waals surface area contributed by atoms with Crippen molar-refractivity contribution in [1.29, 1.82) is 0 Å². The molecule has 0 heteroatoms. The predicted molar refractivity (Wildman–Crippen MR) is 636 cm³/mol. The van der Waals surface area contributed by atoms with Crippen molar-refractivity contribution in [3.8, 4) is 66.8 Å². The third-order valence-electron chi connectivity index (χ3n) is 41.0. The molecule has 15 aromatic rings. The van der Waals surface area contributed by atoms with Gasteiger partial charge in [0.2, 0.25) is 0 Å². The zero-order valence-corrected chi connectivity index (χ0v) is 92.9. The van der Waals surface area contributed by atoms with Crippen molar-refractivity contribution in [3.63, 3.8) is 0 Å². The minimum absolute atomic E-state index is 0.130. The monoisotopic (exact) mass is 1960 g/mol. The lowest BCUT2D eigenvalue weighted by Crippen LogP contribution is -2.40. The molecule has 0 aromatic heterocycles. The van der Waals surface area contributed by atoms with Crippen molar-refractivity contribution in [2.24, 2.45) is 17.3 Å². The fourth-order valence-corrected chi connectivity index (χ4v) is 34.2. The molecular formula is C149H166. The van der Waals surface area contributed by atoms with Gasteiger partial charge in [-0.15, -0.1) is 0 Å². The van der Waals surface area contributed by atoms with Crippen LogP contribution < -0.4 is 0 Å². The van der Waals surface area contributed by atoms with E-state index >= 15 is 0 Å². The highest BCUT2D eigenvalue weighted by Crippen LogP contribution is 2.70. The van der Waals surface area contributed by atoms with Gasteiger partial charge in [0.15, 0.2) is 0 Å². The van der Waals surface area contributed by atoms with Crippen molar-refractivity contribution in [2.75, 3.05) is 0 Å². The Balaban J connectivity index is 0.000000100. The molecule has 13 aliphatic carbocycles. The lowest BCUT2D eigenvalue weighted by Gasteiger charge is -2.47. The number of rotatable bonds is 23. The molecule has 1 saturated carbocycles. The van der Waals surface area contributed by atoms with Gasteiger partial charge in [0.25, 0.3) is 0 Å². The highest BCUT2D eigenvalue weighted by Gasteiger charge is 2.57. The fraction of sp³-hybridized carbons (Fsp3) is 0.423. The van der Waals surface area contributed by atoms with Crippen LogP contribution in [0.25, 0.3) is 88.3 Å². The standard InChI is InChI=1S/C37H54.C34H38.C33H30.C23H26.C22H18/c1-5-7-9-11-13-15-17-29-23-33-27(3)19-21-31-32-22-20-28(4)34-24-30(18-16-14-12-10-8-6-2)26-37(25-29,35(31)33)36(32)34;1-4-5-6-7-8-13-20-34-21-14-19-27-24(3)26-16-10-12-18-29(26)32(33(27)34)31-28-17-11-9-15-25(28)23(2)22-30(31)34;1-21-13-15-27-28-16-14-22(2)30-18-26(24-11-7-4-8-12-24)20-33(32(28)30)19-25(17-29(21)31(27)33)23-9-5-3-6-10-23;1-15-6-8-18-19-9-7-16(2)17-10-13-23(11-4-3-5-12-23)22(21(17)19)20(18)14-15;1-13-7-9-17-18-10-8-14(2)21-16-6-4-3-5-15(16)12-20(22(18)21)19(17)11-13/h19-22,29-30H,5-18,23-26H2,1-4H3;9-12,15-18,22H,4-8,13-14,19-21H2,1-3H3;3-16,25-26H,17-20H2,1-2H3;6-9,14,22H,3-5,10-13H2,1-2H3;3-11,20H,12H2,1-2H3. The lowest BCUT2D eigenvalue weighted by molar-refractivity contribution is 0.138. The molecule has 0 N–H and O–H groups in total. The topological polar surface area (TPSA) is 0 Å². The van der Waals surface area contributed by atoms with E-state index in [1.807, 2.05) is 0 Å². The molecule has 0 nitrogen and oxygen atoms in total. The predicted octanol–water partition coefficient (Wildman–Crippen LogP) is 41.1. The van der Waals surface area contributed by atoms with E-state index in [1.54, 1.807) is 122 Å². The van der Waals surface area contributed by atoms with Crippen LogP contribution in [0.2, 0.25) is 0 Å². The third-order valence-corrected chi connectivity index (χ3v) is 41.0. The Labute approximate surface area is 895 Å². The van der Waals surface area contributed by atoms with Gasteiger partial charge in [0.05, 0.1) is 0 Å². The minimum atomic E-state index is 0.130. The number of benzene rings is 15. The van der Waals surface area contributed by atoms with Crippen LogP contribution in [0.5, 0.6) is 0 Å². The Hall–Kier alpha value is -11.2. The molecule has 149 heavy (non-hydrogen) atoms. The Morgan fingerprint density at radius 2 is 0.711 bits per heavy atom. The summed E-state index contributed by atoms with van der Waals surface area (Å²) in [6.45, 7) is 30.2. The quantitative estimate of drug-likeness (QED) is 0.0560. The third kappa shape index (κ3) is 17.2. The molecule has 0 aliphatic heterocycles. The van der Waals surface area contributed by atoms with E-state index in [1.165, 1.54) is 378 Å². The van der Waals surface area contributed by atoms with E-state index in [0.717, 1.165) is 18.3 Å². The molecule has 13 aliphatic rings. The van der Waals surface area contributed by atoms with Gasteiger partial charge in [-0.25, -0.2) is 0 Å². The summed E-state index contributed by atoms with van der Waals surface area (Å²) in [5.74, 6) is 4.08. The first-order chi connectivity index (χ1) is 72.8. The number of fused-ring (bicyclic) bond motifs is 18. The van der Waals surface area contributed by atoms with Gasteiger partial charge in [-0.3, -0.25) is 0 Å². The Bertz CT molecular complexity index is 7410. The highest BCUT2D eigenvalue weighted by atomic mass is 14.6. The summed E-state index contributed by atoms with van der Waals surface area (Å²) in [5.41, 5.74) is 65.6. The molecule has 0 saturated heterocycles. The molecule has 0 amide bonds. The Morgan fingerprint density at radius 1 is 0.275 bits per heavy atom. The van der Waals surface area contributed by atoms with Crippen LogP contribution in [0.1, 0.15) is 418 Å². The van der Waals surface area contributed by atoms with Crippen LogP contribution in [0.15, 0.2) is 249 Å². The van der Waals surface area contributed by atoms with Gasteiger partial charge in [-0.2, -0.15) is 0 Å². The van der Waals surface area contributed by atoms with Crippen LogP contribution >= 0.6 is 0 Å². The SMILES string of the molecule is CCCCCCCCC12CCCc3c1c(c1ccccc1c3C)-c1c2cc(C)c2ccccc12.CCCCCCCCC1Cc2c(C)ccc3c2C2(C1)CC(CCCCCCCC)Cc1c(C)ccc-3c12.Cc1ccc2c(c1)C1Cc3ccccc3-c3c(C)ccc-2c31.Cc1ccc2c(c1)C1c3c-2ccc(C)c3CCC12CCCCC2.Cc1ccc2c3c1CC(c1ccccc1)CC31CC(c3ccccc3)Cc3c(C)ccc-2c31. The number of aryl methyl sites for hydroxylation is 10. The molecule has 15 aromatic carbocycles. The van der Waals surface area contributed by atoms with Crippen molar-refractivity contribution in [3.05, 3.63) is 410 Å². The summed E-state index contributed by atoms with van der Waals surface area (Å²) >= 11 is 0. The van der Waals surface area contributed by atoms with E-state index in [-0.39, 0.29) is 10.8 Å². The molecule has 28 rings (SSSR count). The van der Waals surface area contributed by atoms with Crippen LogP contribution in [0, 0.1) is 86.5 Å². The van der Waals surface area contributed by atoms with E-state index in [4.69, 9.17) is 0 Å². The second-order valence-corrected chi connectivity index (χ2v) is 50.0. The van der Waals surface area contributed by atoms with E-state index in [2.05, 4.69) is 339 Å². The minimum Gasteiger partial charge on any atom is -0.0654 e. The first kappa shape index (κ1) is 99.8. The molecule has 0 radical (unpaired) electrons. The van der Waals surface area contributed by atoms with Crippen LogP contribution in [-0.4, -0.2) is 0 Å². The van der Waals surface area contributed by atoms with Gasteiger partial charge in [-0.1, -0.05) is 428 Å². The molecule has 7 atom stereocenters. The Kier molecular flexibility index (Phi) is 27.7. The fourth-order valence-electron chi connectivity index (χ4n) is 34.2. The van der Waals surface area contributed by atoms with Crippen LogP contribution in [0.4, 0.5) is 0 Å². The summed E-state index contributed by atoms with van der Waals surface area (Å²) in [7, 11) is 0. The van der Waals surface area contributed by atoms with E-state index in [9.17, 15) is 0 Å². The molecule has 0 bridgehead atoms. The van der Waals surface area contributed by atoms with Crippen molar-refractivity contribution >= 4 is 21.5 Å². The summed E-state index contributed by atoms with van der Waals surface area (Å²) in [5, 5.41) is 5.82. The normalized spacial score (nSPS) is 21.5. The summed E-state index contributed by atoms with van der Waals surface area (Å²) in [6.07, 6.45) is 54.7.